The summed E-state index contributed by atoms with van der Waals surface area (Å²) in [6.45, 7) is 6.84. The number of hydrogen-bond acceptors (Lipinski definition) is 1. The van der Waals surface area contributed by atoms with Gasteiger partial charge < -0.3 is 4.43 Å². The highest BCUT2D eigenvalue weighted by Crippen LogP contribution is 2.56. The third-order valence-electron chi connectivity index (χ3n) is 3.97. The van der Waals surface area contributed by atoms with E-state index in [9.17, 15) is 0 Å². The first-order valence-corrected chi connectivity index (χ1v) is 9.53. The lowest BCUT2D eigenvalue weighted by molar-refractivity contribution is 0.292. The summed E-state index contributed by atoms with van der Waals surface area (Å²) >= 11 is 0. The summed E-state index contributed by atoms with van der Waals surface area (Å²) < 4.78 is 6.21. The summed E-state index contributed by atoms with van der Waals surface area (Å²) in [6, 6.07) is 0. The smallest absolute Gasteiger partial charge is 0.241 e. The van der Waals surface area contributed by atoms with Gasteiger partial charge in [0.1, 0.15) is 0 Å². The van der Waals surface area contributed by atoms with Crippen LogP contribution in [0.15, 0.2) is 24.0 Å². The fourth-order valence-corrected chi connectivity index (χ4v) is 4.43. The van der Waals surface area contributed by atoms with Crippen molar-refractivity contribution < 1.29 is 4.43 Å². The number of allylic oxidation sites excluding steroid dienone is 4. The molecule has 1 saturated carbocycles. The van der Waals surface area contributed by atoms with Crippen molar-refractivity contribution in [3.8, 4) is 0 Å². The quantitative estimate of drug-likeness (QED) is 0.511. The van der Waals surface area contributed by atoms with Crippen molar-refractivity contribution >= 4 is 8.32 Å². The zero-order valence-electron chi connectivity index (χ0n) is 9.86. The van der Waals surface area contributed by atoms with E-state index in [1.165, 1.54) is 18.6 Å². The monoisotopic (exact) mass is 220 g/mol. The van der Waals surface area contributed by atoms with Gasteiger partial charge in [-0.1, -0.05) is 12.2 Å². The van der Waals surface area contributed by atoms with Gasteiger partial charge in [0, 0.05) is 5.92 Å². The molecule has 3 rings (SSSR count). The molecule has 82 valence electrons. The van der Waals surface area contributed by atoms with E-state index in [1.807, 2.05) is 0 Å². The van der Waals surface area contributed by atoms with E-state index in [4.69, 9.17) is 4.43 Å². The predicted octanol–water partition coefficient (Wildman–Crippen LogP) is 3.56. The third kappa shape index (κ3) is 1.50. The van der Waals surface area contributed by atoms with E-state index in [-0.39, 0.29) is 0 Å². The summed E-state index contributed by atoms with van der Waals surface area (Å²) in [7, 11) is -1.40. The third-order valence-corrected chi connectivity index (χ3v) is 4.82. The summed E-state index contributed by atoms with van der Waals surface area (Å²) in [5.41, 5.74) is 0. The van der Waals surface area contributed by atoms with E-state index in [1.54, 1.807) is 0 Å². The minimum absolute atomic E-state index is 0.727. The maximum atomic E-state index is 6.21. The molecule has 0 amide bonds. The van der Waals surface area contributed by atoms with Crippen LogP contribution in [0.3, 0.4) is 0 Å². The standard InChI is InChI=1S/C13H20OSi/c1-15(2,3)14-13-8-9-7-12(13)11-6-4-5-10(9)11/h4,6,8-12H,5,7H2,1-3H3/t9-,10+,11+,12-/m1/s1. The van der Waals surface area contributed by atoms with Crippen LogP contribution >= 0.6 is 0 Å². The molecule has 0 unspecified atom stereocenters. The predicted molar refractivity (Wildman–Crippen MR) is 64.8 cm³/mol. The maximum absolute atomic E-state index is 6.21. The molecule has 0 spiro atoms. The average Bonchev–Trinajstić information content (AvgIpc) is 2.66. The van der Waals surface area contributed by atoms with Crippen molar-refractivity contribution in [1.29, 1.82) is 0 Å². The minimum Gasteiger partial charge on any atom is -0.547 e. The highest BCUT2D eigenvalue weighted by Gasteiger charge is 2.49. The molecule has 3 aliphatic carbocycles. The molecule has 15 heavy (non-hydrogen) atoms. The Kier molecular flexibility index (Phi) is 1.94. The summed E-state index contributed by atoms with van der Waals surface area (Å²) in [6.07, 6.45) is 9.93. The van der Waals surface area contributed by atoms with Crippen molar-refractivity contribution in [1.82, 2.24) is 0 Å². The Balaban J connectivity index is 1.81. The number of hydrogen-bond donors (Lipinski definition) is 0. The maximum Gasteiger partial charge on any atom is 0.241 e. The molecule has 0 aromatic carbocycles. The van der Waals surface area contributed by atoms with Crippen molar-refractivity contribution in [3.63, 3.8) is 0 Å². The first kappa shape index (κ1) is 9.70. The molecule has 0 heterocycles. The molecule has 0 aromatic heterocycles. The highest BCUT2D eigenvalue weighted by atomic mass is 28.4. The first-order chi connectivity index (χ1) is 7.04. The van der Waals surface area contributed by atoms with Crippen LogP contribution in [0, 0.1) is 23.7 Å². The van der Waals surface area contributed by atoms with Gasteiger partial charge >= 0.3 is 0 Å². The molecule has 0 saturated heterocycles. The normalized spacial score (nSPS) is 41.9. The van der Waals surface area contributed by atoms with Gasteiger partial charge in [0.15, 0.2) is 0 Å². The van der Waals surface area contributed by atoms with Crippen LogP contribution in [0.4, 0.5) is 0 Å². The minimum atomic E-state index is -1.40. The molecule has 2 heteroatoms. The lowest BCUT2D eigenvalue weighted by Crippen LogP contribution is -2.29. The molecule has 0 aromatic rings. The van der Waals surface area contributed by atoms with Gasteiger partial charge in [0.2, 0.25) is 8.32 Å². The lowest BCUT2D eigenvalue weighted by atomic mass is 9.85. The van der Waals surface area contributed by atoms with Crippen LogP contribution in [0.25, 0.3) is 0 Å². The van der Waals surface area contributed by atoms with Crippen molar-refractivity contribution in [3.05, 3.63) is 24.0 Å². The molecular formula is C13H20OSi. The number of rotatable bonds is 2. The molecule has 1 nitrogen and oxygen atoms in total. The zero-order chi connectivity index (χ0) is 10.6. The van der Waals surface area contributed by atoms with E-state index >= 15 is 0 Å². The summed E-state index contributed by atoms with van der Waals surface area (Å²) in [5, 5.41) is 0. The van der Waals surface area contributed by atoms with Gasteiger partial charge in [0.05, 0.1) is 5.76 Å². The average molecular weight is 220 g/mol. The molecular weight excluding hydrogens is 200 g/mol. The zero-order valence-corrected chi connectivity index (χ0v) is 10.9. The second kappa shape index (κ2) is 3.00. The molecule has 0 N–H and O–H groups in total. The second-order valence-corrected chi connectivity index (χ2v) is 10.6. The Morgan fingerprint density at radius 2 is 2.13 bits per heavy atom. The Labute approximate surface area is 93.3 Å². The van der Waals surface area contributed by atoms with Crippen LogP contribution in [0.5, 0.6) is 0 Å². The molecule has 2 bridgehead atoms. The van der Waals surface area contributed by atoms with E-state index < -0.39 is 8.32 Å². The fourth-order valence-electron chi connectivity index (χ4n) is 3.51. The number of fused-ring (bicyclic) bond motifs is 5. The Morgan fingerprint density at radius 3 is 2.87 bits per heavy atom. The van der Waals surface area contributed by atoms with Crippen molar-refractivity contribution in [2.45, 2.75) is 32.5 Å². The van der Waals surface area contributed by atoms with Gasteiger partial charge in [-0.3, -0.25) is 0 Å². The Bertz CT molecular complexity index is 337. The molecule has 4 atom stereocenters. The highest BCUT2D eigenvalue weighted by molar-refractivity contribution is 6.70. The largest absolute Gasteiger partial charge is 0.547 e. The van der Waals surface area contributed by atoms with Gasteiger partial charge in [-0.05, 0) is 56.3 Å². The van der Waals surface area contributed by atoms with E-state index in [2.05, 4.69) is 37.9 Å². The van der Waals surface area contributed by atoms with E-state index in [0.717, 1.165) is 23.7 Å². The summed E-state index contributed by atoms with van der Waals surface area (Å²) in [5.74, 6) is 4.62. The summed E-state index contributed by atoms with van der Waals surface area (Å²) in [4.78, 5) is 0. The van der Waals surface area contributed by atoms with Crippen LogP contribution < -0.4 is 0 Å². The Morgan fingerprint density at radius 1 is 1.33 bits per heavy atom. The van der Waals surface area contributed by atoms with Crippen LogP contribution in [0.2, 0.25) is 19.6 Å². The van der Waals surface area contributed by atoms with Crippen LogP contribution in [-0.4, -0.2) is 8.32 Å². The lowest BCUT2D eigenvalue weighted by Gasteiger charge is -2.29. The first-order valence-electron chi connectivity index (χ1n) is 6.12. The van der Waals surface area contributed by atoms with E-state index in [0.29, 0.717) is 0 Å². The van der Waals surface area contributed by atoms with Gasteiger partial charge in [-0.25, -0.2) is 0 Å². The van der Waals surface area contributed by atoms with Gasteiger partial charge in [-0.15, -0.1) is 0 Å². The van der Waals surface area contributed by atoms with Gasteiger partial charge in [0.25, 0.3) is 0 Å². The van der Waals surface area contributed by atoms with Gasteiger partial charge in [-0.2, -0.15) is 0 Å². The molecule has 1 fully saturated rings. The molecule has 0 radical (unpaired) electrons. The second-order valence-electron chi connectivity index (χ2n) is 6.19. The van der Waals surface area contributed by atoms with Crippen molar-refractivity contribution in [2.24, 2.45) is 23.7 Å². The Hall–Kier alpha value is -0.503. The van der Waals surface area contributed by atoms with Crippen molar-refractivity contribution in [2.75, 3.05) is 0 Å². The SMILES string of the molecule is C[Si](C)(C)OC1=C[C@H]2C[C@@H]1[C@H]1C=CC[C@H]12. The van der Waals surface area contributed by atoms with Crippen LogP contribution in [0.1, 0.15) is 12.8 Å². The molecule has 3 aliphatic rings. The van der Waals surface area contributed by atoms with Crippen LogP contribution in [-0.2, 0) is 4.43 Å². The topological polar surface area (TPSA) is 9.23 Å². The fraction of sp³-hybridized carbons (Fsp3) is 0.692. The molecule has 0 aliphatic heterocycles.